The molecule has 68 valence electrons. The SMILES string of the molecule is C=C1CCCC1CCC(=O)OC. The lowest BCUT2D eigenvalue weighted by Gasteiger charge is -2.08. The van der Waals surface area contributed by atoms with Crippen molar-refractivity contribution < 1.29 is 9.53 Å². The first-order valence-electron chi connectivity index (χ1n) is 4.48. The monoisotopic (exact) mass is 168 g/mol. The van der Waals surface area contributed by atoms with Crippen molar-refractivity contribution in [3.63, 3.8) is 0 Å². The van der Waals surface area contributed by atoms with Gasteiger partial charge in [0, 0.05) is 6.42 Å². The lowest BCUT2D eigenvalue weighted by Crippen LogP contribution is -2.04. The lowest BCUT2D eigenvalue weighted by molar-refractivity contribution is -0.140. The highest BCUT2D eigenvalue weighted by Gasteiger charge is 2.19. The predicted octanol–water partition coefficient (Wildman–Crippen LogP) is 2.30. The fourth-order valence-electron chi connectivity index (χ4n) is 1.73. The van der Waals surface area contributed by atoms with Crippen molar-refractivity contribution in [3.8, 4) is 0 Å². The van der Waals surface area contributed by atoms with Gasteiger partial charge in [0.2, 0.25) is 0 Å². The molecule has 1 atom stereocenters. The molecule has 0 saturated heterocycles. The van der Waals surface area contributed by atoms with Gasteiger partial charge in [-0.2, -0.15) is 0 Å². The molecule has 1 aliphatic rings. The summed E-state index contributed by atoms with van der Waals surface area (Å²) in [7, 11) is 1.44. The number of carbonyl (C=O) groups excluding carboxylic acids is 1. The van der Waals surface area contributed by atoms with E-state index < -0.39 is 0 Å². The van der Waals surface area contributed by atoms with Gasteiger partial charge in [0.05, 0.1) is 7.11 Å². The smallest absolute Gasteiger partial charge is 0.305 e. The van der Waals surface area contributed by atoms with Crippen LogP contribution < -0.4 is 0 Å². The largest absolute Gasteiger partial charge is 0.469 e. The molecule has 1 rings (SSSR count). The van der Waals surface area contributed by atoms with Crippen molar-refractivity contribution in [1.82, 2.24) is 0 Å². The lowest BCUT2D eigenvalue weighted by atomic mass is 9.98. The molecule has 0 aromatic rings. The van der Waals surface area contributed by atoms with Crippen molar-refractivity contribution in [3.05, 3.63) is 12.2 Å². The van der Waals surface area contributed by atoms with Gasteiger partial charge in [0.1, 0.15) is 0 Å². The van der Waals surface area contributed by atoms with Gasteiger partial charge in [-0.15, -0.1) is 0 Å². The van der Waals surface area contributed by atoms with Gasteiger partial charge in [-0.25, -0.2) is 0 Å². The van der Waals surface area contributed by atoms with Gasteiger partial charge in [-0.05, 0) is 31.6 Å². The van der Waals surface area contributed by atoms with Crippen molar-refractivity contribution in [2.75, 3.05) is 7.11 Å². The van der Waals surface area contributed by atoms with E-state index in [1.807, 2.05) is 0 Å². The number of hydrogen-bond acceptors (Lipinski definition) is 2. The van der Waals surface area contributed by atoms with Crippen LogP contribution in [0.4, 0.5) is 0 Å². The molecule has 0 N–H and O–H groups in total. The predicted molar refractivity (Wildman–Crippen MR) is 47.7 cm³/mol. The number of rotatable bonds is 3. The number of esters is 1. The van der Waals surface area contributed by atoms with E-state index in [2.05, 4.69) is 11.3 Å². The molecular formula is C10H16O2. The fraction of sp³-hybridized carbons (Fsp3) is 0.700. The second kappa shape index (κ2) is 4.29. The molecule has 12 heavy (non-hydrogen) atoms. The Kier molecular flexibility index (Phi) is 3.32. The molecule has 0 spiro atoms. The van der Waals surface area contributed by atoms with E-state index in [-0.39, 0.29) is 5.97 Å². The van der Waals surface area contributed by atoms with Crippen molar-refractivity contribution in [2.24, 2.45) is 5.92 Å². The molecule has 2 nitrogen and oxygen atoms in total. The number of carbonyl (C=O) groups is 1. The van der Waals surface area contributed by atoms with E-state index >= 15 is 0 Å². The number of allylic oxidation sites excluding steroid dienone is 1. The average molecular weight is 168 g/mol. The van der Waals surface area contributed by atoms with Crippen LogP contribution in [0.5, 0.6) is 0 Å². The maximum absolute atomic E-state index is 10.8. The number of ether oxygens (including phenoxy) is 1. The van der Waals surface area contributed by atoms with Crippen LogP contribution in [0.2, 0.25) is 0 Å². The molecule has 1 saturated carbocycles. The molecule has 0 amide bonds. The second-order valence-corrected chi connectivity index (χ2v) is 3.36. The topological polar surface area (TPSA) is 26.3 Å². The standard InChI is InChI=1S/C10H16O2/c1-8-4-3-5-9(8)6-7-10(11)12-2/h9H,1,3-7H2,2H3. The minimum Gasteiger partial charge on any atom is -0.469 e. The summed E-state index contributed by atoms with van der Waals surface area (Å²) in [6.45, 7) is 3.99. The summed E-state index contributed by atoms with van der Waals surface area (Å²) in [5.41, 5.74) is 1.32. The summed E-state index contributed by atoms with van der Waals surface area (Å²) in [6, 6.07) is 0. The molecule has 2 heteroatoms. The fourth-order valence-corrected chi connectivity index (χ4v) is 1.73. The molecule has 0 aliphatic heterocycles. The van der Waals surface area contributed by atoms with Crippen LogP contribution in [0.1, 0.15) is 32.1 Å². The molecule has 0 aromatic carbocycles. The van der Waals surface area contributed by atoms with E-state index in [1.165, 1.54) is 25.5 Å². The molecule has 1 aliphatic carbocycles. The van der Waals surface area contributed by atoms with Gasteiger partial charge in [-0.3, -0.25) is 4.79 Å². The normalized spacial score (nSPS) is 22.8. The maximum atomic E-state index is 10.8. The Bertz CT molecular complexity index is 184. The molecule has 1 unspecified atom stereocenters. The number of hydrogen-bond donors (Lipinski definition) is 0. The zero-order chi connectivity index (χ0) is 8.97. The zero-order valence-corrected chi connectivity index (χ0v) is 7.64. The Morgan fingerprint density at radius 1 is 1.75 bits per heavy atom. The first-order valence-corrected chi connectivity index (χ1v) is 4.48. The van der Waals surface area contributed by atoms with Crippen LogP contribution in [-0.4, -0.2) is 13.1 Å². The molecule has 0 aromatic heterocycles. The van der Waals surface area contributed by atoms with Crippen LogP contribution in [0.3, 0.4) is 0 Å². The molecule has 0 bridgehead atoms. The Balaban J connectivity index is 2.22. The highest BCUT2D eigenvalue weighted by atomic mass is 16.5. The quantitative estimate of drug-likeness (QED) is 0.477. The summed E-state index contributed by atoms with van der Waals surface area (Å²) in [6.07, 6.45) is 5.05. The maximum Gasteiger partial charge on any atom is 0.305 e. The summed E-state index contributed by atoms with van der Waals surface area (Å²) < 4.78 is 4.58. The molecule has 0 radical (unpaired) electrons. The summed E-state index contributed by atoms with van der Waals surface area (Å²) in [4.78, 5) is 10.8. The summed E-state index contributed by atoms with van der Waals surface area (Å²) >= 11 is 0. The van der Waals surface area contributed by atoms with Gasteiger partial charge in [0.15, 0.2) is 0 Å². The third-order valence-corrected chi connectivity index (χ3v) is 2.55. The third kappa shape index (κ3) is 2.36. The highest BCUT2D eigenvalue weighted by molar-refractivity contribution is 5.69. The van der Waals surface area contributed by atoms with Crippen LogP contribution in [0.15, 0.2) is 12.2 Å². The second-order valence-electron chi connectivity index (χ2n) is 3.36. The van der Waals surface area contributed by atoms with Crippen LogP contribution >= 0.6 is 0 Å². The molecule has 0 heterocycles. The van der Waals surface area contributed by atoms with Crippen molar-refractivity contribution >= 4 is 5.97 Å². The van der Waals surface area contributed by atoms with E-state index in [9.17, 15) is 4.79 Å². The van der Waals surface area contributed by atoms with Gasteiger partial charge >= 0.3 is 5.97 Å². The van der Waals surface area contributed by atoms with Crippen molar-refractivity contribution in [2.45, 2.75) is 32.1 Å². The zero-order valence-electron chi connectivity index (χ0n) is 7.64. The first-order chi connectivity index (χ1) is 5.74. The number of methoxy groups -OCH3 is 1. The Morgan fingerprint density at radius 2 is 2.50 bits per heavy atom. The highest BCUT2D eigenvalue weighted by Crippen LogP contribution is 2.32. The Labute approximate surface area is 73.6 Å². The van der Waals surface area contributed by atoms with Gasteiger partial charge in [-0.1, -0.05) is 12.2 Å². The van der Waals surface area contributed by atoms with Crippen molar-refractivity contribution in [1.29, 1.82) is 0 Å². The van der Waals surface area contributed by atoms with Gasteiger partial charge in [0.25, 0.3) is 0 Å². The summed E-state index contributed by atoms with van der Waals surface area (Å²) in [5.74, 6) is 0.471. The van der Waals surface area contributed by atoms with E-state index in [4.69, 9.17) is 0 Å². The minimum atomic E-state index is -0.102. The third-order valence-electron chi connectivity index (χ3n) is 2.55. The van der Waals surface area contributed by atoms with E-state index in [1.54, 1.807) is 0 Å². The average Bonchev–Trinajstić information content (AvgIpc) is 2.47. The Morgan fingerprint density at radius 3 is 3.00 bits per heavy atom. The van der Waals surface area contributed by atoms with Crippen LogP contribution in [-0.2, 0) is 9.53 Å². The minimum absolute atomic E-state index is 0.102. The van der Waals surface area contributed by atoms with E-state index in [0.29, 0.717) is 12.3 Å². The van der Waals surface area contributed by atoms with E-state index in [0.717, 1.165) is 12.8 Å². The first kappa shape index (κ1) is 9.30. The summed E-state index contributed by atoms with van der Waals surface area (Å²) in [5, 5.41) is 0. The molecule has 1 fully saturated rings. The Hall–Kier alpha value is -0.790. The van der Waals surface area contributed by atoms with Crippen LogP contribution in [0.25, 0.3) is 0 Å². The van der Waals surface area contributed by atoms with Crippen LogP contribution in [0, 0.1) is 5.92 Å². The van der Waals surface area contributed by atoms with Gasteiger partial charge < -0.3 is 4.74 Å². The molecular weight excluding hydrogens is 152 g/mol.